The summed E-state index contributed by atoms with van der Waals surface area (Å²) in [6.45, 7) is 4.04. The SMILES string of the molecule is CCOC(=O)c1cc2c(C=O)ccc(OC)c2o1.CCOC(=O)c1cc2cccc(OC)c2o1. The fourth-order valence-electron chi connectivity index (χ4n) is 3.19. The molecule has 2 aromatic heterocycles. The molecule has 0 saturated carbocycles. The van der Waals surface area contributed by atoms with Gasteiger partial charge in [-0.2, -0.15) is 0 Å². The van der Waals surface area contributed by atoms with Gasteiger partial charge in [0.1, 0.15) is 0 Å². The van der Waals surface area contributed by atoms with E-state index in [1.165, 1.54) is 13.2 Å². The van der Waals surface area contributed by atoms with E-state index < -0.39 is 11.9 Å². The zero-order chi connectivity index (χ0) is 24.7. The van der Waals surface area contributed by atoms with Crippen molar-refractivity contribution in [3.8, 4) is 11.5 Å². The first-order valence-electron chi connectivity index (χ1n) is 10.4. The third-order valence-electron chi connectivity index (χ3n) is 4.71. The summed E-state index contributed by atoms with van der Waals surface area (Å²) >= 11 is 0. The molecule has 0 fully saturated rings. The Morgan fingerprint density at radius 3 is 2.00 bits per heavy atom. The van der Waals surface area contributed by atoms with E-state index in [1.807, 2.05) is 12.1 Å². The van der Waals surface area contributed by atoms with Gasteiger partial charge in [-0.05, 0) is 38.1 Å². The number of furan rings is 2. The monoisotopic (exact) mass is 468 g/mol. The highest BCUT2D eigenvalue weighted by molar-refractivity contribution is 6.02. The molecule has 0 spiro atoms. The molecule has 0 aliphatic heterocycles. The molecular weight excluding hydrogens is 444 g/mol. The molecule has 0 atom stereocenters. The Morgan fingerprint density at radius 1 is 0.824 bits per heavy atom. The number of carbonyl (C=O) groups is 3. The molecule has 178 valence electrons. The largest absolute Gasteiger partial charge is 0.493 e. The molecule has 34 heavy (non-hydrogen) atoms. The third kappa shape index (κ3) is 5.03. The quantitative estimate of drug-likeness (QED) is 0.271. The highest BCUT2D eigenvalue weighted by Crippen LogP contribution is 2.31. The van der Waals surface area contributed by atoms with E-state index in [1.54, 1.807) is 45.2 Å². The van der Waals surface area contributed by atoms with Crippen molar-refractivity contribution in [2.75, 3.05) is 27.4 Å². The number of benzene rings is 2. The van der Waals surface area contributed by atoms with Crippen LogP contribution in [0.2, 0.25) is 0 Å². The highest BCUT2D eigenvalue weighted by atomic mass is 16.6. The fourth-order valence-corrected chi connectivity index (χ4v) is 3.19. The first-order chi connectivity index (χ1) is 16.5. The molecule has 0 saturated heterocycles. The summed E-state index contributed by atoms with van der Waals surface area (Å²) in [5, 5.41) is 1.36. The average molecular weight is 468 g/mol. The molecule has 0 radical (unpaired) electrons. The van der Waals surface area contributed by atoms with Gasteiger partial charge in [0.25, 0.3) is 0 Å². The van der Waals surface area contributed by atoms with Crippen LogP contribution >= 0.6 is 0 Å². The molecule has 0 N–H and O–H groups in total. The molecule has 9 heteroatoms. The van der Waals surface area contributed by atoms with Crippen LogP contribution in [0, 0.1) is 0 Å². The van der Waals surface area contributed by atoms with Crippen LogP contribution in [-0.4, -0.2) is 45.7 Å². The minimum Gasteiger partial charge on any atom is -0.493 e. The lowest BCUT2D eigenvalue weighted by molar-refractivity contribution is 0.0484. The summed E-state index contributed by atoms with van der Waals surface area (Å²) in [5.41, 5.74) is 1.36. The number of ether oxygens (including phenoxy) is 4. The summed E-state index contributed by atoms with van der Waals surface area (Å²) in [4.78, 5) is 34.0. The lowest BCUT2D eigenvalue weighted by Gasteiger charge is -2.00. The molecule has 0 amide bonds. The average Bonchev–Trinajstić information content (AvgIpc) is 3.49. The molecular formula is C25H24O9. The topological polar surface area (TPSA) is 114 Å². The number of aldehydes is 1. The zero-order valence-corrected chi connectivity index (χ0v) is 19.2. The van der Waals surface area contributed by atoms with E-state index in [9.17, 15) is 14.4 Å². The van der Waals surface area contributed by atoms with Crippen molar-refractivity contribution in [3.63, 3.8) is 0 Å². The number of fused-ring (bicyclic) bond motifs is 2. The number of hydrogen-bond donors (Lipinski definition) is 0. The Morgan fingerprint density at radius 2 is 1.41 bits per heavy atom. The Hall–Kier alpha value is -4.27. The summed E-state index contributed by atoms with van der Waals surface area (Å²) in [6, 6.07) is 11.8. The molecule has 0 aliphatic carbocycles. The molecule has 0 aliphatic rings. The second-order valence-electron chi connectivity index (χ2n) is 6.76. The first-order valence-corrected chi connectivity index (χ1v) is 10.4. The molecule has 4 aromatic rings. The Bertz CT molecular complexity index is 1310. The molecule has 9 nitrogen and oxygen atoms in total. The van der Waals surface area contributed by atoms with Gasteiger partial charge in [0.15, 0.2) is 29.0 Å². The van der Waals surface area contributed by atoms with E-state index in [4.69, 9.17) is 27.8 Å². The number of hydrogen-bond acceptors (Lipinski definition) is 9. The van der Waals surface area contributed by atoms with Gasteiger partial charge in [-0.3, -0.25) is 4.79 Å². The maximum absolute atomic E-state index is 11.6. The van der Waals surface area contributed by atoms with Crippen LogP contribution in [0.4, 0.5) is 0 Å². The second kappa shape index (κ2) is 11.0. The number of rotatable bonds is 7. The van der Waals surface area contributed by atoms with E-state index >= 15 is 0 Å². The van der Waals surface area contributed by atoms with Gasteiger partial charge in [-0.25, -0.2) is 9.59 Å². The minimum absolute atomic E-state index is 0.0550. The zero-order valence-electron chi connectivity index (χ0n) is 19.2. The van der Waals surface area contributed by atoms with E-state index in [-0.39, 0.29) is 18.1 Å². The van der Waals surface area contributed by atoms with Gasteiger partial charge in [-0.15, -0.1) is 0 Å². The van der Waals surface area contributed by atoms with Crippen molar-refractivity contribution >= 4 is 40.2 Å². The number of esters is 2. The lowest BCUT2D eigenvalue weighted by atomic mass is 10.1. The molecule has 0 bridgehead atoms. The predicted octanol–water partition coefficient (Wildman–Crippen LogP) is 5.05. The molecule has 0 unspecified atom stereocenters. The predicted molar refractivity (Wildman–Crippen MR) is 123 cm³/mol. The maximum atomic E-state index is 11.6. The second-order valence-corrected chi connectivity index (χ2v) is 6.76. The number of carbonyl (C=O) groups excluding carboxylic acids is 3. The van der Waals surface area contributed by atoms with Crippen molar-refractivity contribution in [2.24, 2.45) is 0 Å². The van der Waals surface area contributed by atoms with Crippen molar-refractivity contribution in [3.05, 3.63) is 59.5 Å². The standard InChI is InChI=1S/C13H12O5.C12H12O4/c1-3-17-13(15)11-6-9-8(7-14)4-5-10(16-2)12(9)18-11;1-3-15-12(13)10-7-8-5-4-6-9(14-2)11(8)16-10/h4-7H,3H2,1-2H3;4-7H,3H2,1-2H3. The van der Waals surface area contributed by atoms with Crippen LogP contribution in [-0.2, 0) is 9.47 Å². The normalized spacial score (nSPS) is 10.4. The Labute approximate surface area is 195 Å². The fraction of sp³-hybridized carbons (Fsp3) is 0.240. The van der Waals surface area contributed by atoms with Crippen molar-refractivity contribution in [2.45, 2.75) is 13.8 Å². The number of methoxy groups -OCH3 is 2. The van der Waals surface area contributed by atoms with Crippen LogP contribution in [0.3, 0.4) is 0 Å². The minimum atomic E-state index is -0.562. The van der Waals surface area contributed by atoms with Gasteiger partial charge in [0.05, 0.1) is 27.4 Å². The van der Waals surface area contributed by atoms with Crippen LogP contribution in [0.25, 0.3) is 21.9 Å². The maximum Gasteiger partial charge on any atom is 0.374 e. The Balaban J connectivity index is 0.000000192. The summed E-state index contributed by atoms with van der Waals surface area (Å²) in [5.74, 6) is 0.299. The van der Waals surface area contributed by atoms with Gasteiger partial charge >= 0.3 is 11.9 Å². The van der Waals surface area contributed by atoms with E-state index in [0.717, 1.165) is 5.39 Å². The smallest absolute Gasteiger partial charge is 0.374 e. The summed E-state index contributed by atoms with van der Waals surface area (Å²) in [6.07, 6.45) is 0.701. The summed E-state index contributed by atoms with van der Waals surface area (Å²) in [7, 11) is 3.04. The highest BCUT2D eigenvalue weighted by Gasteiger charge is 2.18. The molecule has 2 aromatic carbocycles. The Kier molecular flexibility index (Phi) is 7.92. The summed E-state index contributed by atoms with van der Waals surface area (Å²) < 4.78 is 30.7. The van der Waals surface area contributed by atoms with Gasteiger partial charge in [0.2, 0.25) is 11.5 Å². The third-order valence-corrected chi connectivity index (χ3v) is 4.71. The van der Waals surface area contributed by atoms with Gasteiger partial charge < -0.3 is 27.8 Å². The van der Waals surface area contributed by atoms with Crippen molar-refractivity contribution in [1.82, 2.24) is 0 Å². The van der Waals surface area contributed by atoms with E-state index in [2.05, 4.69) is 0 Å². The van der Waals surface area contributed by atoms with Crippen molar-refractivity contribution < 1.29 is 42.2 Å². The van der Waals surface area contributed by atoms with E-state index in [0.29, 0.717) is 46.5 Å². The van der Waals surface area contributed by atoms with Gasteiger partial charge in [0, 0.05) is 22.4 Å². The van der Waals surface area contributed by atoms with Gasteiger partial charge in [-0.1, -0.05) is 12.1 Å². The lowest BCUT2D eigenvalue weighted by Crippen LogP contribution is -2.02. The molecule has 2 heterocycles. The van der Waals surface area contributed by atoms with Crippen LogP contribution in [0.15, 0.2) is 51.3 Å². The molecule has 4 rings (SSSR count). The first kappa shape index (κ1) is 24.4. The van der Waals surface area contributed by atoms with Crippen LogP contribution in [0.1, 0.15) is 45.3 Å². The van der Waals surface area contributed by atoms with Crippen LogP contribution < -0.4 is 9.47 Å². The van der Waals surface area contributed by atoms with Crippen LogP contribution in [0.5, 0.6) is 11.5 Å². The number of para-hydroxylation sites is 1. The van der Waals surface area contributed by atoms with Crippen molar-refractivity contribution in [1.29, 1.82) is 0 Å².